The SMILES string of the molecule is CSC1CCC(Nc2c(Cl)cccc2[N+](=O)[O-])C1. The number of benzene rings is 1. The van der Waals surface area contributed by atoms with Crippen molar-refractivity contribution < 1.29 is 4.92 Å². The Morgan fingerprint density at radius 2 is 2.28 bits per heavy atom. The topological polar surface area (TPSA) is 55.2 Å². The van der Waals surface area contributed by atoms with Gasteiger partial charge in [-0.15, -0.1) is 0 Å². The minimum absolute atomic E-state index is 0.0510. The van der Waals surface area contributed by atoms with Crippen LogP contribution in [0.2, 0.25) is 5.02 Å². The van der Waals surface area contributed by atoms with Gasteiger partial charge in [-0.1, -0.05) is 17.7 Å². The lowest BCUT2D eigenvalue weighted by Gasteiger charge is -2.15. The zero-order valence-electron chi connectivity index (χ0n) is 10.1. The highest BCUT2D eigenvalue weighted by molar-refractivity contribution is 7.99. The smallest absolute Gasteiger partial charge is 0.293 e. The number of rotatable bonds is 4. The maximum absolute atomic E-state index is 11.0. The summed E-state index contributed by atoms with van der Waals surface area (Å²) in [7, 11) is 0. The summed E-state index contributed by atoms with van der Waals surface area (Å²) in [4.78, 5) is 10.6. The minimum atomic E-state index is -0.394. The van der Waals surface area contributed by atoms with Crippen LogP contribution in [0.25, 0.3) is 0 Å². The molecule has 1 saturated carbocycles. The van der Waals surface area contributed by atoms with Gasteiger partial charge in [-0.3, -0.25) is 10.1 Å². The van der Waals surface area contributed by atoms with Gasteiger partial charge >= 0.3 is 0 Å². The summed E-state index contributed by atoms with van der Waals surface area (Å²) in [5.74, 6) is 0. The van der Waals surface area contributed by atoms with E-state index in [0.29, 0.717) is 16.0 Å². The van der Waals surface area contributed by atoms with Crippen molar-refractivity contribution in [3.63, 3.8) is 0 Å². The van der Waals surface area contributed by atoms with Crippen LogP contribution in [-0.4, -0.2) is 22.5 Å². The molecule has 18 heavy (non-hydrogen) atoms. The molecule has 0 aromatic heterocycles. The highest BCUT2D eigenvalue weighted by Crippen LogP contribution is 2.36. The summed E-state index contributed by atoms with van der Waals surface area (Å²) in [5.41, 5.74) is 0.506. The summed E-state index contributed by atoms with van der Waals surface area (Å²) >= 11 is 7.90. The van der Waals surface area contributed by atoms with Crippen LogP contribution in [0.4, 0.5) is 11.4 Å². The summed E-state index contributed by atoms with van der Waals surface area (Å²) in [6.07, 6.45) is 5.32. The quantitative estimate of drug-likeness (QED) is 0.673. The lowest BCUT2D eigenvalue weighted by atomic mass is 10.2. The fourth-order valence-corrected chi connectivity index (χ4v) is 3.32. The highest BCUT2D eigenvalue weighted by Gasteiger charge is 2.26. The lowest BCUT2D eigenvalue weighted by Crippen LogP contribution is -2.17. The Kier molecular flexibility index (Phi) is 4.35. The van der Waals surface area contributed by atoms with Crippen molar-refractivity contribution in [1.82, 2.24) is 0 Å². The average Bonchev–Trinajstić information content (AvgIpc) is 2.79. The van der Waals surface area contributed by atoms with Gasteiger partial charge in [-0.05, 0) is 31.6 Å². The van der Waals surface area contributed by atoms with E-state index in [4.69, 9.17) is 11.6 Å². The van der Waals surface area contributed by atoms with Gasteiger partial charge in [-0.25, -0.2) is 0 Å². The molecule has 0 amide bonds. The number of thioether (sulfide) groups is 1. The van der Waals surface area contributed by atoms with Gasteiger partial charge in [0.05, 0.1) is 9.95 Å². The Bertz CT molecular complexity index is 456. The first-order valence-corrected chi connectivity index (χ1v) is 7.50. The van der Waals surface area contributed by atoms with E-state index in [-0.39, 0.29) is 11.7 Å². The van der Waals surface area contributed by atoms with Crippen LogP contribution in [0.1, 0.15) is 19.3 Å². The fourth-order valence-electron chi connectivity index (χ4n) is 2.30. The van der Waals surface area contributed by atoms with Gasteiger partial charge in [0.25, 0.3) is 5.69 Å². The third kappa shape index (κ3) is 2.90. The second-order valence-corrected chi connectivity index (χ2v) is 5.95. The Morgan fingerprint density at radius 3 is 2.89 bits per heavy atom. The van der Waals surface area contributed by atoms with Crippen molar-refractivity contribution in [3.05, 3.63) is 33.3 Å². The molecule has 0 aliphatic heterocycles. The van der Waals surface area contributed by atoms with Gasteiger partial charge in [-0.2, -0.15) is 11.8 Å². The van der Waals surface area contributed by atoms with E-state index in [1.54, 1.807) is 12.1 Å². The molecule has 6 heteroatoms. The molecule has 1 fully saturated rings. The van der Waals surface area contributed by atoms with E-state index in [2.05, 4.69) is 11.6 Å². The third-order valence-electron chi connectivity index (χ3n) is 3.25. The van der Waals surface area contributed by atoms with Crippen LogP contribution in [-0.2, 0) is 0 Å². The summed E-state index contributed by atoms with van der Waals surface area (Å²) in [5, 5.41) is 15.3. The zero-order valence-corrected chi connectivity index (χ0v) is 11.6. The van der Waals surface area contributed by atoms with E-state index >= 15 is 0 Å². The standard InChI is InChI=1S/C12H15ClN2O2S/c1-18-9-6-5-8(7-9)14-12-10(13)3-2-4-11(12)15(16)17/h2-4,8-9,14H,5-7H2,1H3. The molecule has 0 heterocycles. The van der Waals surface area contributed by atoms with Gasteiger partial charge in [0.2, 0.25) is 0 Å². The molecule has 1 aliphatic rings. The summed E-state index contributed by atoms with van der Waals surface area (Å²) in [6.45, 7) is 0. The van der Waals surface area contributed by atoms with Crippen molar-refractivity contribution >= 4 is 34.7 Å². The molecule has 1 aromatic carbocycles. The van der Waals surface area contributed by atoms with E-state index in [1.807, 2.05) is 11.8 Å². The van der Waals surface area contributed by atoms with Crippen LogP contribution in [0.3, 0.4) is 0 Å². The molecule has 1 aromatic rings. The normalized spacial score (nSPS) is 23.0. The van der Waals surface area contributed by atoms with Crippen LogP contribution in [0.15, 0.2) is 18.2 Å². The van der Waals surface area contributed by atoms with E-state index in [0.717, 1.165) is 19.3 Å². The number of nitrogens with zero attached hydrogens (tertiary/aromatic N) is 1. The van der Waals surface area contributed by atoms with Gasteiger partial charge < -0.3 is 5.32 Å². The van der Waals surface area contributed by atoms with E-state index in [1.165, 1.54) is 6.07 Å². The monoisotopic (exact) mass is 286 g/mol. The highest BCUT2D eigenvalue weighted by atomic mass is 35.5. The summed E-state index contributed by atoms with van der Waals surface area (Å²) < 4.78 is 0. The molecule has 0 saturated heterocycles. The number of nitro groups is 1. The first-order chi connectivity index (χ1) is 8.61. The maximum atomic E-state index is 11.0. The number of para-hydroxylation sites is 1. The molecule has 1 N–H and O–H groups in total. The molecular formula is C12H15ClN2O2S. The van der Waals surface area contributed by atoms with E-state index < -0.39 is 4.92 Å². The van der Waals surface area contributed by atoms with Crippen LogP contribution in [0, 0.1) is 10.1 Å². The first-order valence-electron chi connectivity index (χ1n) is 5.84. The number of nitro benzene ring substituents is 1. The number of anilines is 1. The molecule has 0 spiro atoms. The number of hydrogen-bond acceptors (Lipinski definition) is 4. The number of hydrogen-bond donors (Lipinski definition) is 1. The Labute approximate surface area is 115 Å². The van der Waals surface area contributed by atoms with Crippen LogP contribution in [0.5, 0.6) is 0 Å². The molecule has 1 aliphatic carbocycles. The maximum Gasteiger partial charge on any atom is 0.293 e. The Morgan fingerprint density at radius 1 is 1.50 bits per heavy atom. The first kappa shape index (κ1) is 13.5. The predicted molar refractivity (Wildman–Crippen MR) is 76.7 cm³/mol. The summed E-state index contributed by atoms with van der Waals surface area (Å²) in [6, 6.07) is 5.04. The molecule has 0 bridgehead atoms. The molecule has 98 valence electrons. The van der Waals surface area contributed by atoms with Gasteiger partial charge in [0.15, 0.2) is 0 Å². The van der Waals surface area contributed by atoms with Gasteiger partial charge in [0.1, 0.15) is 5.69 Å². The average molecular weight is 287 g/mol. The lowest BCUT2D eigenvalue weighted by molar-refractivity contribution is -0.384. The van der Waals surface area contributed by atoms with Crippen molar-refractivity contribution in [1.29, 1.82) is 0 Å². The second-order valence-electron chi connectivity index (χ2n) is 4.40. The molecule has 2 atom stereocenters. The van der Waals surface area contributed by atoms with Crippen LogP contribution >= 0.6 is 23.4 Å². The van der Waals surface area contributed by atoms with Crippen molar-refractivity contribution in [2.75, 3.05) is 11.6 Å². The second kappa shape index (κ2) is 5.80. The Balaban J connectivity index is 2.16. The molecule has 2 unspecified atom stereocenters. The number of nitrogens with one attached hydrogen (secondary N) is 1. The largest absolute Gasteiger partial charge is 0.375 e. The van der Waals surface area contributed by atoms with E-state index in [9.17, 15) is 10.1 Å². The molecule has 2 rings (SSSR count). The fraction of sp³-hybridized carbons (Fsp3) is 0.500. The third-order valence-corrected chi connectivity index (χ3v) is 4.66. The predicted octanol–water partition coefficient (Wildman–Crippen LogP) is 3.94. The van der Waals surface area contributed by atoms with Crippen LogP contribution < -0.4 is 5.32 Å². The minimum Gasteiger partial charge on any atom is -0.375 e. The zero-order chi connectivity index (χ0) is 13.1. The molecular weight excluding hydrogens is 272 g/mol. The van der Waals surface area contributed by atoms with Crippen molar-refractivity contribution in [3.8, 4) is 0 Å². The van der Waals surface area contributed by atoms with Crippen molar-refractivity contribution in [2.24, 2.45) is 0 Å². The Hall–Kier alpha value is -0.940. The number of halogens is 1. The molecule has 4 nitrogen and oxygen atoms in total. The van der Waals surface area contributed by atoms with Crippen molar-refractivity contribution in [2.45, 2.75) is 30.6 Å². The molecule has 0 radical (unpaired) electrons. The van der Waals surface area contributed by atoms with Gasteiger partial charge in [0, 0.05) is 17.4 Å².